The highest BCUT2D eigenvalue weighted by Gasteiger charge is 2.25. The molecule has 1 amide bonds. The van der Waals surface area contributed by atoms with Crippen molar-refractivity contribution in [1.29, 1.82) is 0 Å². The fourth-order valence-electron chi connectivity index (χ4n) is 4.87. The van der Waals surface area contributed by atoms with E-state index in [1.807, 2.05) is 24.3 Å². The average Bonchev–Trinajstić information content (AvgIpc) is 3.33. The van der Waals surface area contributed by atoms with Crippen LogP contribution in [0.4, 0.5) is 5.69 Å². The van der Waals surface area contributed by atoms with Gasteiger partial charge in [-0.05, 0) is 80.1 Å². The molecule has 2 aliphatic heterocycles. The lowest BCUT2D eigenvalue weighted by Crippen LogP contribution is -2.37. The number of ether oxygens (including phenoxy) is 1. The second kappa shape index (κ2) is 10.2. The molecule has 0 bridgehead atoms. The van der Waals surface area contributed by atoms with Crippen molar-refractivity contribution in [3.63, 3.8) is 0 Å². The summed E-state index contributed by atoms with van der Waals surface area (Å²) in [5, 5.41) is 3.22. The monoisotopic (exact) mass is 421 g/mol. The summed E-state index contributed by atoms with van der Waals surface area (Å²) in [6.07, 6.45) is 6.10. The maximum atomic E-state index is 12.6. The van der Waals surface area contributed by atoms with Crippen LogP contribution in [0.5, 0.6) is 5.75 Å². The molecule has 0 saturated carbocycles. The first-order valence-corrected chi connectivity index (χ1v) is 11.6. The second-order valence-electron chi connectivity index (χ2n) is 8.82. The second-order valence-corrected chi connectivity index (χ2v) is 8.82. The summed E-state index contributed by atoms with van der Waals surface area (Å²) < 4.78 is 5.20. The third-order valence-electron chi connectivity index (χ3n) is 6.71. The molecule has 166 valence electrons. The fourth-order valence-corrected chi connectivity index (χ4v) is 4.87. The van der Waals surface area contributed by atoms with E-state index in [0.29, 0.717) is 13.0 Å². The van der Waals surface area contributed by atoms with Crippen molar-refractivity contribution in [3.8, 4) is 5.75 Å². The molecule has 5 heteroatoms. The quantitative estimate of drug-likeness (QED) is 0.701. The van der Waals surface area contributed by atoms with E-state index in [2.05, 4.69) is 40.4 Å². The molecule has 2 aromatic carbocycles. The summed E-state index contributed by atoms with van der Waals surface area (Å²) in [6, 6.07) is 15.1. The van der Waals surface area contributed by atoms with Gasteiger partial charge in [0.05, 0.1) is 13.2 Å². The highest BCUT2D eigenvalue weighted by molar-refractivity contribution is 5.76. The zero-order chi connectivity index (χ0) is 21.6. The third-order valence-corrected chi connectivity index (χ3v) is 6.71. The Balaban J connectivity index is 1.38. The van der Waals surface area contributed by atoms with E-state index in [4.69, 9.17) is 4.74 Å². The highest BCUT2D eigenvalue weighted by atomic mass is 16.5. The van der Waals surface area contributed by atoms with Gasteiger partial charge in [-0.3, -0.25) is 9.69 Å². The Morgan fingerprint density at radius 1 is 1.06 bits per heavy atom. The number of methoxy groups -OCH3 is 1. The molecule has 1 N–H and O–H groups in total. The van der Waals surface area contributed by atoms with E-state index in [1.54, 1.807) is 7.11 Å². The van der Waals surface area contributed by atoms with Crippen molar-refractivity contribution in [2.75, 3.05) is 45.2 Å². The van der Waals surface area contributed by atoms with E-state index >= 15 is 0 Å². The first-order chi connectivity index (χ1) is 15.1. The van der Waals surface area contributed by atoms with Gasteiger partial charge in [0.15, 0.2) is 0 Å². The number of carbonyl (C=O) groups is 1. The van der Waals surface area contributed by atoms with E-state index in [9.17, 15) is 4.79 Å². The van der Waals surface area contributed by atoms with E-state index < -0.39 is 0 Å². The zero-order valence-electron chi connectivity index (χ0n) is 18.9. The number of likely N-dealkylation sites (tertiary alicyclic amines) is 1. The number of rotatable bonds is 8. The number of nitrogens with one attached hydrogen (secondary N) is 1. The lowest BCUT2D eigenvalue weighted by atomic mass is 9.96. The van der Waals surface area contributed by atoms with Gasteiger partial charge in [0, 0.05) is 32.2 Å². The van der Waals surface area contributed by atoms with Crippen LogP contribution in [0.25, 0.3) is 0 Å². The lowest BCUT2D eigenvalue weighted by molar-refractivity contribution is -0.121. The Morgan fingerprint density at radius 2 is 1.84 bits per heavy atom. The number of hydrogen-bond acceptors (Lipinski definition) is 4. The largest absolute Gasteiger partial charge is 0.497 e. The van der Waals surface area contributed by atoms with E-state index in [0.717, 1.165) is 43.8 Å². The smallest absolute Gasteiger partial charge is 0.220 e. The molecule has 1 unspecified atom stereocenters. The topological polar surface area (TPSA) is 44.8 Å². The van der Waals surface area contributed by atoms with E-state index in [-0.39, 0.29) is 11.9 Å². The van der Waals surface area contributed by atoms with Crippen LogP contribution in [-0.2, 0) is 17.6 Å². The molecule has 0 aliphatic carbocycles. The molecule has 31 heavy (non-hydrogen) atoms. The molecule has 0 spiro atoms. The van der Waals surface area contributed by atoms with Crippen LogP contribution in [0.15, 0.2) is 42.5 Å². The van der Waals surface area contributed by atoms with Gasteiger partial charge in [0.2, 0.25) is 5.91 Å². The van der Waals surface area contributed by atoms with Gasteiger partial charge in [0.25, 0.3) is 0 Å². The molecule has 1 saturated heterocycles. The first-order valence-electron chi connectivity index (χ1n) is 11.6. The van der Waals surface area contributed by atoms with Crippen LogP contribution < -0.4 is 15.0 Å². The minimum Gasteiger partial charge on any atom is -0.497 e. The Bertz CT molecular complexity index is 875. The van der Waals surface area contributed by atoms with Crippen molar-refractivity contribution in [2.24, 2.45) is 0 Å². The molecular weight excluding hydrogens is 386 g/mol. The first kappa shape index (κ1) is 21.7. The number of amides is 1. The molecule has 4 rings (SSSR count). The number of carbonyl (C=O) groups excluding carboxylic acids is 1. The Labute approximate surface area is 186 Å². The number of anilines is 1. The van der Waals surface area contributed by atoms with Crippen molar-refractivity contribution in [3.05, 3.63) is 59.2 Å². The highest BCUT2D eigenvalue weighted by Crippen LogP contribution is 2.31. The van der Waals surface area contributed by atoms with Crippen LogP contribution in [0, 0.1) is 0 Å². The van der Waals surface area contributed by atoms with Crippen molar-refractivity contribution in [1.82, 2.24) is 10.2 Å². The number of fused-ring (bicyclic) bond motifs is 1. The van der Waals surface area contributed by atoms with Gasteiger partial charge >= 0.3 is 0 Å². The molecule has 2 aliphatic rings. The molecule has 1 atom stereocenters. The summed E-state index contributed by atoms with van der Waals surface area (Å²) in [5.74, 6) is 0.968. The maximum absolute atomic E-state index is 12.6. The Kier molecular flexibility index (Phi) is 7.13. The SMILES string of the molecule is COc1ccc(CCC(=O)NCC(c2ccc3c(c2)CCCN3C)N2CCCC2)cc1. The Morgan fingerprint density at radius 3 is 2.58 bits per heavy atom. The van der Waals surface area contributed by atoms with Crippen LogP contribution in [0.1, 0.15) is 48.4 Å². The number of aryl methyl sites for hydroxylation is 2. The minimum absolute atomic E-state index is 0.123. The number of benzene rings is 2. The maximum Gasteiger partial charge on any atom is 0.220 e. The molecule has 2 heterocycles. The predicted octanol–water partition coefficient (Wildman–Crippen LogP) is 3.96. The number of hydrogen-bond donors (Lipinski definition) is 1. The van der Waals surface area contributed by atoms with Gasteiger partial charge in [-0.2, -0.15) is 0 Å². The molecule has 5 nitrogen and oxygen atoms in total. The van der Waals surface area contributed by atoms with Gasteiger partial charge in [-0.1, -0.05) is 24.3 Å². The lowest BCUT2D eigenvalue weighted by Gasteiger charge is -2.32. The van der Waals surface area contributed by atoms with Gasteiger partial charge < -0.3 is 15.0 Å². The summed E-state index contributed by atoms with van der Waals surface area (Å²) in [4.78, 5) is 17.5. The summed E-state index contributed by atoms with van der Waals surface area (Å²) in [5.41, 5.74) is 5.30. The predicted molar refractivity (Wildman–Crippen MR) is 126 cm³/mol. The van der Waals surface area contributed by atoms with Crippen molar-refractivity contribution < 1.29 is 9.53 Å². The average molecular weight is 422 g/mol. The summed E-state index contributed by atoms with van der Waals surface area (Å²) in [6.45, 7) is 4.04. The standard InChI is InChI=1S/C26H35N3O2/c1-28-15-5-6-21-18-22(10-13-24(21)28)25(29-16-3-4-17-29)19-27-26(30)14-9-20-7-11-23(31-2)12-8-20/h7-8,10-13,18,25H,3-6,9,14-17,19H2,1-2H3,(H,27,30). The fraction of sp³-hybridized carbons (Fsp3) is 0.500. The van der Waals surface area contributed by atoms with Crippen molar-refractivity contribution in [2.45, 2.75) is 44.6 Å². The van der Waals surface area contributed by atoms with Crippen LogP contribution in [0.3, 0.4) is 0 Å². The van der Waals surface area contributed by atoms with E-state index in [1.165, 1.54) is 36.1 Å². The zero-order valence-corrected chi connectivity index (χ0v) is 18.9. The van der Waals surface area contributed by atoms with Crippen LogP contribution >= 0.6 is 0 Å². The van der Waals surface area contributed by atoms with Crippen molar-refractivity contribution >= 4 is 11.6 Å². The van der Waals surface area contributed by atoms with Crippen LogP contribution in [0.2, 0.25) is 0 Å². The molecular formula is C26H35N3O2. The summed E-state index contributed by atoms with van der Waals surface area (Å²) >= 11 is 0. The van der Waals surface area contributed by atoms with Gasteiger partial charge in [-0.15, -0.1) is 0 Å². The molecule has 0 radical (unpaired) electrons. The molecule has 0 aromatic heterocycles. The third kappa shape index (κ3) is 5.40. The Hall–Kier alpha value is -2.53. The van der Waals surface area contributed by atoms with Crippen LogP contribution in [-0.4, -0.2) is 51.1 Å². The molecule has 1 fully saturated rings. The minimum atomic E-state index is 0.123. The molecule has 2 aromatic rings. The number of nitrogens with zero attached hydrogens (tertiary/aromatic N) is 2. The van der Waals surface area contributed by atoms with Gasteiger partial charge in [-0.25, -0.2) is 0 Å². The summed E-state index contributed by atoms with van der Waals surface area (Å²) in [7, 11) is 3.85. The van der Waals surface area contributed by atoms with Gasteiger partial charge in [0.1, 0.15) is 5.75 Å². The normalized spacial score (nSPS) is 17.3.